The van der Waals surface area contributed by atoms with Gasteiger partial charge in [-0.3, -0.25) is 14.4 Å². The minimum atomic E-state index is -1.31. The van der Waals surface area contributed by atoms with Gasteiger partial charge < -0.3 is 4.74 Å². The maximum absolute atomic E-state index is 13.5. The molecule has 4 nitrogen and oxygen atoms in total. The molecule has 0 aromatic carbocycles. The first kappa shape index (κ1) is 20.7. The lowest BCUT2D eigenvalue weighted by atomic mass is 9.33. The van der Waals surface area contributed by atoms with E-state index in [1.165, 1.54) is 12.5 Å². The second-order valence-electron chi connectivity index (χ2n) is 10.4. The van der Waals surface area contributed by atoms with Crippen molar-refractivity contribution in [1.82, 2.24) is 0 Å². The van der Waals surface area contributed by atoms with Gasteiger partial charge in [0.1, 0.15) is 0 Å². The molecule has 0 amide bonds. The number of alkyl halides is 1. The van der Waals surface area contributed by atoms with Gasteiger partial charge in [0.15, 0.2) is 18.1 Å². The van der Waals surface area contributed by atoms with E-state index in [0.717, 1.165) is 25.7 Å². The Labute approximate surface area is 172 Å². The van der Waals surface area contributed by atoms with Crippen LogP contribution in [-0.4, -0.2) is 29.8 Å². The van der Waals surface area contributed by atoms with Crippen LogP contribution in [0.15, 0.2) is 11.6 Å². The van der Waals surface area contributed by atoms with E-state index in [1.54, 1.807) is 0 Å². The quantitative estimate of drug-likeness (QED) is 0.652. The van der Waals surface area contributed by atoms with Gasteiger partial charge in [0.05, 0.1) is 0 Å². The largest absolute Gasteiger partial charge is 0.451 e. The zero-order valence-corrected chi connectivity index (χ0v) is 16.9. The van der Waals surface area contributed by atoms with Crippen molar-refractivity contribution < 1.29 is 23.5 Å². The molecule has 4 bridgehead atoms. The molecule has 6 rings (SSSR count). The number of rotatable bonds is 3. The van der Waals surface area contributed by atoms with E-state index in [2.05, 4.69) is 13.8 Å². The molecule has 8 atom stereocenters. The minimum Gasteiger partial charge on any atom is -0.451 e. The van der Waals surface area contributed by atoms with Crippen molar-refractivity contribution in [2.75, 3.05) is 6.67 Å². The van der Waals surface area contributed by atoms with Gasteiger partial charge in [0.25, 0.3) is 0 Å². The molecule has 0 aromatic rings. The third-order valence-corrected chi connectivity index (χ3v) is 9.76. The summed E-state index contributed by atoms with van der Waals surface area (Å²) >= 11 is 0. The average Bonchev–Trinajstić information content (AvgIpc) is 2.95. The smallest absolute Gasteiger partial charge is 0.303 e. The molecular weight excluding hydrogens is 371 g/mol. The van der Waals surface area contributed by atoms with Gasteiger partial charge in [0, 0.05) is 18.8 Å². The molecule has 0 radical (unpaired) electrons. The van der Waals surface area contributed by atoms with Crippen LogP contribution in [0.2, 0.25) is 0 Å². The SMILES string of the molecule is C.CC(=O)O[C@]1(C(=O)CF)CC[C@H]2[C@@H]3CC4C5=CC(=O)CC4[C@]5(C)[C@H]3CC[C@@]21C. The van der Waals surface area contributed by atoms with Crippen LogP contribution in [0.4, 0.5) is 4.39 Å². The van der Waals surface area contributed by atoms with Gasteiger partial charge in [-0.25, -0.2) is 4.39 Å². The van der Waals surface area contributed by atoms with E-state index < -0.39 is 29.4 Å². The number of allylic oxidation sites excluding steroid dienone is 1. The first-order valence-electron chi connectivity index (χ1n) is 10.7. The standard InChI is InChI=1S/C23H29FO4.CH4/c1-12(25)28-23(20(27)11-24)7-5-16-14-10-15-18-8-13(26)9-19(15)22(18,3)17(14)4-6-21(16,23)2;/h8,14-17,19H,4-7,9-11H2,1-3H3;1H4/t14-,15?,16-,17-,19?,21-,22+,23-;/m0./s1. The number of fused-ring (bicyclic) bond motifs is 1. The van der Waals surface area contributed by atoms with E-state index >= 15 is 0 Å². The van der Waals surface area contributed by atoms with Crippen molar-refractivity contribution in [1.29, 1.82) is 0 Å². The van der Waals surface area contributed by atoms with Gasteiger partial charge >= 0.3 is 5.97 Å². The molecule has 6 aliphatic rings. The van der Waals surface area contributed by atoms with Crippen molar-refractivity contribution in [3.63, 3.8) is 0 Å². The first-order chi connectivity index (χ1) is 13.2. The number of ketones is 2. The van der Waals surface area contributed by atoms with Crippen molar-refractivity contribution in [3.05, 3.63) is 11.6 Å². The van der Waals surface area contributed by atoms with Crippen LogP contribution in [0.1, 0.15) is 66.7 Å². The fourth-order valence-electron chi connectivity index (χ4n) is 8.69. The molecule has 0 N–H and O–H groups in total. The number of Topliss-reactive ketones (excluding diaryl/α,β-unsaturated/α-hetero) is 1. The van der Waals surface area contributed by atoms with E-state index in [4.69, 9.17) is 4.74 Å². The Morgan fingerprint density at radius 1 is 1.17 bits per heavy atom. The summed E-state index contributed by atoms with van der Waals surface area (Å²) in [5.74, 6) is 1.40. The normalized spacial score (nSPS) is 49.0. The molecule has 0 aliphatic heterocycles. The van der Waals surface area contributed by atoms with Gasteiger partial charge in [-0.15, -0.1) is 0 Å². The number of halogens is 1. The van der Waals surface area contributed by atoms with E-state index in [1.807, 2.05) is 6.08 Å². The van der Waals surface area contributed by atoms with Crippen molar-refractivity contribution >= 4 is 17.5 Å². The molecule has 29 heavy (non-hydrogen) atoms. The summed E-state index contributed by atoms with van der Waals surface area (Å²) in [6.07, 6.45) is 6.61. The number of carbonyl (C=O) groups excluding carboxylic acids is 3. The average molecular weight is 405 g/mol. The fourth-order valence-corrected chi connectivity index (χ4v) is 8.69. The molecule has 5 fully saturated rings. The Morgan fingerprint density at radius 2 is 1.86 bits per heavy atom. The van der Waals surface area contributed by atoms with E-state index in [0.29, 0.717) is 36.5 Å². The monoisotopic (exact) mass is 404 g/mol. The summed E-state index contributed by atoms with van der Waals surface area (Å²) in [5, 5.41) is 0. The zero-order valence-electron chi connectivity index (χ0n) is 16.9. The van der Waals surface area contributed by atoms with Crippen LogP contribution in [0.3, 0.4) is 0 Å². The van der Waals surface area contributed by atoms with Gasteiger partial charge in [-0.05, 0) is 73.2 Å². The molecule has 160 valence electrons. The number of esters is 1. The third-order valence-electron chi connectivity index (χ3n) is 9.76. The second kappa shape index (κ2) is 6.24. The van der Waals surface area contributed by atoms with Crippen LogP contribution in [0, 0.1) is 40.4 Å². The van der Waals surface area contributed by atoms with Gasteiger partial charge in [0.2, 0.25) is 5.78 Å². The Hall–Kier alpha value is -1.52. The van der Waals surface area contributed by atoms with Crippen molar-refractivity contribution in [2.45, 2.75) is 72.3 Å². The van der Waals surface area contributed by atoms with E-state index in [9.17, 15) is 18.8 Å². The molecular formula is C24H33FO4. The topological polar surface area (TPSA) is 60.4 Å². The first-order valence-corrected chi connectivity index (χ1v) is 10.7. The lowest BCUT2D eigenvalue weighted by molar-refractivity contribution is -0.200. The highest BCUT2D eigenvalue weighted by Gasteiger charge is 2.73. The van der Waals surface area contributed by atoms with Crippen LogP contribution in [-0.2, 0) is 19.1 Å². The summed E-state index contributed by atoms with van der Waals surface area (Å²) < 4.78 is 19.2. The molecule has 0 spiro atoms. The van der Waals surface area contributed by atoms with Crippen LogP contribution in [0.5, 0.6) is 0 Å². The van der Waals surface area contributed by atoms with Gasteiger partial charge in [-0.1, -0.05) is 26.8 Å². The second-order valence-corrected chi connectivity index (χ2v) is 10.4. The maximum Gasteiger partial charge on any atom is 0.303 e. The molecule has 2 unspecified atom stereocenters. The highest BCUT2D eigenvalue weighted by molar-refractivity contribution is 5.94. The molecule has 5 heteroatoms. The third kappa shape index (κ3) is 2.22. The van der Waals surface area contributed by atoms with Crippen molar-refractivity contribution in [3.8, 4) is 0 Å². The van der Waals surface area contributed by atoms with Crippen LogP contribution < -0.4 is 0 Å². The number of carbonyl (C=O) groups is 3. The molecule has 0 aromatic heterocycles. The molecule has 0 saturated heterocycles. The highest BCUT2D eigenvalue weighted by atomic mass is 19.1. The molecule has 5 saturated carbocycles. The Kier molecular flexibility index (Phi) is 4.46. The lowest BCUT2D eigenvalue weighted by Crippen LogP contribution is -2.67. The number of hydrogen-bond donors (Lipinski definition) is 0. The zero-order chi connectivity index (χ0) is 20.1. The Balaban J connectivity index is 0.00000205. The molecule has 6 aliphatic carbocycles. The number of hydrogen-bond acceptors (Lipinski definition) is 4. The summed E-state index contributed by atoms with van der Waals surface area (Å²) in [6, 6.07) is 0. The summed E-state index contributed by atoms with van der Waals surface area (Å²) in [5.41, 5.74) is -0.332. The highest BCUT2D eigenvalue weighted by Crippen LogP contribution is 2.76. The van der Waals surface area contributed by atoms with Gasteiger partial charge in [-0.2, -0.15) is 0 Å². The lowest BCUT2D eigenvalue weighted by Gasteiger charge is -2.71. The maximum atomic E-state index is 13.5. The van der Waals surface area contributed by atoms with Crippen LogP contribution in [0.25, 0.3) is 0 Å². The van der Waals surface area contributed by atoms with Crippen LogP contribution >= 0.6 is 0 Å². The minimum absolute atomic E-state index is 0. The fraction of sp³-hybridized carbons (Fsp3) is 0.792. The summed E-state index contributed by atoms with van der Waals surface area (Å²) in [6.45, 7) is 4.63. The summed E-state index contributed by atoms with van der Waals surface area (Å²) in [7, 11) is 0. The Bertz CT molecular complexity index is 818. The predicted octanol–water partition coefficient (Wildman–Crippen LogP) is 4.46. The Morgan fingerprint density at radius 3 is 2.45 bits per heavy atom. The molecule has 0 heterocycles. The predicted molar refractivity (Wildman–Crippen MR) is 107 cm³/mol. The summed E-state index contributed by atoms with van der Waals surface area (Å²) in [4.78, 5) is 36.6. The van der Waals surface area contributed by atoms with E-state index in [-0.39, 0.29) is 24.5 Å². The number of ether oxygens (including phenoxy) is 1. The van der Waals surface area contributed by atoms with Crippen molar-refractivity contribution in [2.24, 2.45) is 40.4 Å².